The average Bonchev–Trinajstić information content (AvgIpc) is 3.82. The number of ether oxygens (including phenoxy) is 2. The van der Waals surface area contributed by atoms with Crippen LogP contribution in [0.5, 0.6) is 5.75 Å². The molecule has 7 atom stereocenters. The number of nitrogen functional groups attached to an aromatic ring is 1. The van der Waals surface area contributed by atoms with Gasteiger partial charge in [-0.3, -0.25) is 32.5 Å². The summed E-state index contributed by atoms with van der Waals surface area (Å²) in [7, 11) is -12.4. The van der Waals surface area contributed by atoms with Gasteiger partial charge in [0.05, 0.1) is 19.5 Å². The van der Waals surface area contributed by atoms with Gasteiger partial charge in [-0.25, -0.2) is 28.6 Å². The van der Waals surface area contributed by atoms with Gasteiger partial charge in [0, 0.05) is 49.2 Å². The molecule has 4 heterocycles. The number of amides is 2. The molecular formula is C42H57N8O18P3S. The zero-order chi connectivity index (χ0) is 52.6. The Bertz CT molecular complexity index is 2780. The number of imidazole rings is 1. The van der Waals surface area contributed by atoms with Crippen LogP contribution in [0.2, 0.25) is 0 Å². The number of aromatic nitrogens is 4. The highest BCUT2D eigenvalue weighted by Gasteiger charge is 2.50. The number of carbonyl (C=O) groups excluding carboxylic acids is 3. The van der Waals surface area contributed by atoms with E-state index in [2.05, 4.69) is 51.5 Å². The summed E-state index contributed by atoms with van der Waals surface area (Å²) in [5, 5.41) is 26.6. The topological polar surface area (TPSA) is 376 Å². The van der Waals surface area contributed by atoms with E-state index in [1.807, 2.05) is 50.5 Å². The number of hydrogen-bond donors (Lipinski definition) is 9. The molecule has 10 N–H and O–H groups in total. The second-order valence-corrected chi connectivity index (χ2v) is 22.8. The highest BCUT2D eigenvalue weighted by molar-refractivity contribution is 8.13. The Hall–Kier alpha value is -4.50. The molecule has 0 saturated carbocycles. The molecule has 0 spiro atoms. The van der Waals surface area contributed by atoms with Crippen molar-refractivity contribution in [3.63, 3.8) is 0 Å². The van der Waals surface area contributed by atoms with Crippen molar-refractivity contribution in [1.29, 1.82) is 0 Å². The second-order valence-electron chi connectivity index (χ2n) is 17.5. The zero-order valence-corrected chi connectivity index (χ0v) is 42.9. The molecule has 2 aliphatic rings. The number of nitrogens with one attached hydrogen (secondary N) is 2. The molecule has 7 unspecified atom stereocenters. The number of phosphoric acid groups is 3. The molecule has 6 rings (SSSR count). The van der Waals surface area contributed by atoms with Crippen molar-refractivity contribution >= 4 is 74.7 Å². The number of benzene rings is 2. The first-order valence-electron chi connectivity index (χ1n) is 22.1. The Morgan fingerprint density at radius 1 is 1.01 bits per heavy atom. The van der Waals surface area contributed by atoms with Crippen LogP contribution in [0.1, 0.15) is 55.2 Å². The minimum atomic E-state index is -5.60. The largest absolute Gasteiger partial charge is 0.488 e. The van der Waals surface area contributed by atoms with Crippen molar-refractivity contribution in [2.45, 2.75) is 70.4 Å². The quantitative estimate of drug-likeness (QED) is 0.0359. The van der Waals surface area contributed by atoms with E-state index in [1.54, 1.807) is 0 Å². The Morgan fingerprint density at radius 2 is 1.75 bits per heavy atom. The van der Waals surface area contributed by atoms with Crippen LogP contribution in [-0.2, 0) is 63.7 Å². The van der Waals surface area contributed by atoms with Gasteiger partial charge >= 0.3 is 23.5 Å². The van der Waals surface area contributed by atoms with E-state index in [0.717, 1.165) is 75.5 Å². The van der Waals surface area contributed by atoms with E-state index >= 15 is 0 Å². The summed E-state index contributed by atoms with van der Waals surface area (Å²) in [6.45, 7) is 1.68. The molecule has 2 aromatic heterocycles. The molecule has 394 valence electrons. The van der Waals surface area contributed by atoms with Crippen molar-refractivity contribution < 1.29 is 85.2 Å². The molecule has 72 heavy (non-hydrogen) atoms. The number of nitrogens with two attached hydrogens (primary N) is 1. The number of aliphatic hydroxyl groups is 2. The van der Waals surface area contributed by atoms with Crippen molar-refractivity contribution in [1.82, 2.24) is 35.1 Å². The zero-order valence-electron chi connectivity index (χ0n) is 39.4. The van der Waals surface area contributed by atoms with E-state index in [0.29, 0.717) is 6.61 Å². The molecule has 1 saturated heterocycles. The van der Waals surface area contributed by atoms with Crippen LogP contribution in [-0.4, -0.2) is 148 Å². The van der Waals surface area contributed by atoms with Crippen LogP contribution in [0.3, 0.4) is 0 Å². The third-order valence-corrected chi connectivity index (χ3v) is 15.0. The number of phosphoric ester groups is 3. The molecule has 0 bridgehead atoms. The smallest absolute Gasteiger partial charge is 0.481 e. The van der Waals surface area contributed by atoms with Crippen molar-refractivity contribution in [3.05, 3.63) is 83.4 Å². The number of aliphatic hydroxyl groups excluding tert-OH is 2. The van der Waals surface area contributed by atoms with E-state index in [-0.39, 0.29) is 53.8 Å². The minimum Gasteiger partial charge on any atom is -0.488 e. The summed E-state index contributed by atoms with van der Waals surface area (Å²) in [5.41, 5.74) is 9.18. The first-order chi connectivity index (χ1) is 33.8. The summed E-state index contributed by atoms with van der Waals surface area (Å²) in [6.07, 6.45) is -3.84. The highest BCUT2D eigenvalue weighted by atomic mass is 32.2. The molecule has 26 nitrogen and oxygen atoms in total. The lowest BCUT2D eigenvalue weighted by atomic mass is 9.87. The standard InChI is InChI=1S/C42H57N8O18P3S/c1-42(2,22-65-71(61,62)68-70(59,60)64-21-31-36(67-69(56,57)58)35(53)41(66-31)50-24-48-34-38(43)46-23-47-39(34)50)37(54)40(55)45-14-13-32(51)44-15-17-72-33(52)19-25-11-12-30-29(18-25)28(10-7-16-49(3)4)27-9-6-5-8-26(27)20-63-30/h5-6,8-12,18,23-24,31,35-37,41,53-54H,7,13-17,19-22H2,1-4H3,(H,44,51)(H,45,55)(H,59,60)(H,61,62)(H2,43,46,47)(H2,56,57,58)/b28-10-. The molecule has 2 aromatic carbocycles. The molecule has 0 aliphatic carbocycles. The van der Waals surface area contributed by atoms with Crippen LogP contribution in [0.25, 0.3) is 16.7 Å². The predicted molar refractivity (Wildman–Crippen MR) is 258 cm³/mol. The first-order valence-corrected chi connectivity index (χ1v) is 27.6. The van der Waals surface area contributed by atoms with Crippen molar-refractivity contribution in [2.75, 3.05) is 58.4 Å². The third-order valence-electron chi connectivity index (χ3n) is 11.1. The van der Waals surface area contributed by atoms with Gasteiger partial charge in [0.1, 0.15) is 48.6 Å². The molecule has 2 aliphatic heterocycles. The molecule has 30 heteroatoms. The van der Waals surface area contributed by atoms with E-state index in [1.165, 1.54) is 13.8 Å². The molecule has 4 aromatic rings. The maximum absolute atomic E-state index is 13.0. The van der Waals surface area contributed by atoms with Gasteiger partial charge in [0.15, 0.2) is 22.8 Å². The van der Waals surface area contributed by atoms with Crippen LogP contribution in [0, 0.1) is 5.41 Å². The van der Waals surface area contributed by atoms with Gasteiger partial charge in [0.2, 0.25) is 11.8 Å². The average molecular weight is 1090 g/mol. The Balaban J connectivity index is 0.908. The monoisotopic (exact) mass is 1090 g/mol. The Morgan fingerprint density at radius 3 is 2.49 bits per heavy atom. The number of anilines is 1. The van der Waals surface area contributed by atoms with Gasteiger partial charge < -0.3 is 60.5 Å². The summed E-state index contributed by atoms with van der Waals surface area (Å²) in [4.78, 5) is 91.8. The molecule has 0 radical (unpaired) electrons. The maximum atomic E-state index is 13.0. The highest BCUT2D eigenvalue weighted by Crippen LogP contribution is 2.61. The summed E-state index contributed by atoms with van der Waals surface area (Å²) in [5.74, 6) is -0.478. The number of fused-ring (bicyclic) bond motifs is 3. The molecule has 2 amide bonds. The van der Waals surface area contributed by atoms with Crippen LogP contribution in [0.15, 0.2) is 61.2 Å². The van der Waals surface area contributed by atoms with E-state index in [9.17, 15) is 57.9 Å². The fraction of sp³-hybridized carbons (Fsp3) is 0.476. The summed E-state index contributed by atoms with van der Waals surface area (Å²) < 4.78 is 68.8. The van der Waals surface area contributed by atoms with Crippen molar-refractivity contribution in [2.24, 2.45) is 5.41 Å². The number of nitrogens with zero attached hydrogens (tertiary/aromatic N) is 5. The number of rotatable bonds is 24. The van der Waals surface area contributed by atoms with Gasteiger partial charge in [0.25, 0.3) is 0 Å². The molecular weight excluding hydrogens is 1030 g/mol. The van der Waals surface area contributed by atoms with Gasteiger partial charge in [-0.1, -0.05) is 62.0 Å². The SMILES string of the molecule is CN(C)CC/C=C1/c2ccccc2COc2ccc(CC(=O)SCCNC(=O)CCNC(=O)C(O)C(C)(C)COP(=O)(O)OP(=O)(O)OCC3OC(n4cnc5c(N)ncnc54)C(O)C3OP(=O)(O)O)cc21. The number of hydrogen-bond acceptors (Lipinski definition) is 20. The van der Waals surface area contributed by atoms with Gasteiger partial charge in [-0.2, -0.15) is 4.31 Å². The lowest BCUT2D eigenvalue weighted by Gasteiger charge is -2.30. The van der Waals surface area contributed by atoms with Gasteiger partial charge in [-0.15, -0.1) is 0 Å². The minimum absolute atomic E-state index is 0.0264. The lowest BCUT2D eigenvalue weighted by Crippen LogP contribution is -2.46. The molecule has 1 fully saturated rings. The van der Waals surface area contributed by atoms with Crippen LogP contribution < -0.4 is 21.1 Å². The van der Waals surface area contributed by atoms with Crippen molar-refractivity contribution in [3.8, 4) is 5.75 Å². The summed E-state index contributed by atoms with van der Waals surface area (Å²) >= 11 is 1.06. The van der Waals surface area contributed by atoms with E-state index < -0.39 is 84.6 Å². The predicted octanol–water partition coefficient (Wildman–Crippen LogP) is 2.18. The van der Waals surface area contributed by atoms with E-state index in [4.69, 9.17) is 24.3 Å². The Kier molecular flexibility index (Phi) is 19.1. The third kappa shape index (κ3) is 15.5. The van der Waals surface area contributed by atoms with Crippen LogP contribution in [0.4, 0.5) is 5.82 Å². The number of thioether (sulfide) groups is 1. The summed E-state index contributed by atoms with van der Waals surface area (Å²) in [6, 6.07) is 13.8. The van der Waals surface area contributed by atoms with Gasteiger partial charge in [-0.05, 0) is 54.9 Å². The lowest BCUT2D eigenvalue weighted by molar-refractivity contribution is -0.137. The Labute approximate surface area is 417 Å². The second kappa shape index (κ2) is 24.2. The maximum Gasteiger partial charge on any atom is 0.481 e. The first kappa shape index (κ1) is 56.8. The number of carbonyl (C=O) groups is 3. The van der Waals surface area contributed by atoms with Crippen LogP contribution >= 0.6 is 35.2 Å². The fourth-order valence-corrected chi connectivity index (χ4v) is 11.0. The fourth-order valence-electron chi connectivity index (χ4n) is 7.43. The normalized spacial score (nSPS) is 20.7.